The predicted octanol–water partition coefficient (Wildman–Crippen LogP) is 1.34. The van der Waals surface area contributed by atoms with E-state index in [0.29, 0.717) is 5.56 Å². The summed E-state index contributed by atoms with van der Waals surface area (Å²) in [6.45, 7) is 4.11. The van der Waals surface area contributed by atoms with E-state index in [1.807, 2.05) is 37.9 Å². The van der Waals surface area contributed by atoms with Crippen molar-refractivity contribution in [2.24, 2.45) is 0 Å². The van der Waals surface area contributed by atoms with E-state index >= 15 is 0 Å². The SMILES string of the molecule is COC(=O)C1(C(=O)OC)CN(C)c2cc(C)cc(C)c21. The number of methoxy groups -OCH3 is 2. The second-order valence-electron chi connectivity index (χ2n) is 5.22. The summed E-state index contributed by atoms with van der Waals surface area (Å²) in [6, 6.07) is 3.93. The Bertz CT molecular complexity index is 563. The summed E-state index contributed by atoms with van der Waals surface area (Å²) in [7, 11) is 4.43. The van der Waals surface area contributed by atoms with Crippen LogP contribution in [0.1, 0.15) is 16.7 Å². The molecule has 1 aromatic rings. The van der Waals surface area contributed by atoms with Crippen molar-refractivity contribution in [1.82, 2.24) is 0 Å². The molecule has 0 radical (unpaired) electrons. The van der Waals surface area contributed by atoms with Gasteiger partial charge in [0.1, 0.15) is 0 Å². The average molecular weight is 277 g/mol. The lowest BCUT2D eigenvalue weighted by molar-refractivity contribution is -0.161. The fourth-order valence-electron chi connectivity index (χ4n) is 3.09. The van der Waals surface area contributed by atoms with Crippen molar-refractivity contribution in [1.29, 1.82) is 0 Å². The van der Waals surface area contributed by atoms with Gasteiger partial charge in [0.05, 0.1) is 14.2 Å². The normalized spacial score (nSPS) is 15.8. The number of aryl methyl sites for hydroxylation is 2. The van der Waals surface area contributed by atoms with Crippen LogP contribution in [0, 0.1) is 13.8 Å². The van der Waals surface area contributed by atoms with E-state index in [-0.39, 0.29) is 6.54 Å². The summed E-state index contributed by atoms with van der Waals surface area (Å²) >= 11 is 0. The number of ether oxygens (including phenoxy) is 2. The largest absolute Gasteiger partial charge is 0.468 e. The zero-order valence-electron chi connectivity index (χ0n) is 12.4. The van der Waals surface area contributed by atoms with Crippen molar-refractivity contribution in [3.63, 3.8) is 0 Å². The van der Waals surface area contributed by atoms with Crippen LogP contribution in [0.25, 0.3) is 0 Å². The number of carbonyl (C=O) groups excluding carboxylic acids is 2. The van der Waals surface area contributed by atoms with Crippen molar-refractivity contribution in [3.05, 3.63) is 28.8 Å². The first-order valence-electron chi connectivity index (χ1n) is 6.38. The minimum Gasteiger partial charge on any atom is -0.468 e. The van der Waals surface area contributed by atoms with Gasteiger partial charge in [-0.3, -0.25) is 9.59 Å². The Morgan fingerprint density at radius 3 is 2.20 bits per heavy atom. The van der Waals surface area contributed by atoms with Gasteiger partial charge in [-0.05, 0) is 31.0 Å². The molecule has 20 heavy (non-hydrogen) atoms. The molecule has 0 atom stereocenters. The summed E-state index contributed by atoms with van der Waals surface area (Å²) in [5, 5.41) is 0. The van der Waals surface area contributed by atoms with Gasteiger partial charge < -0.3 is 14.4 Å². The van der Waals surface area contributed by atoms with Crippen molar-refractivity contribution in [2.75, 3.05) is 32.7 Å². The Labute approximate surface area is 118 Å². The van der Waals surface area contributed by atoms with E-state index in [1.165, 1.54) is 14.2 Å². The van der Waals surface area contributed by atoms with E-state index in [4.69, 9.17) is 9.47 Å². The van der Waals surface area contributed by atoms with Gasteiger partial charge in [0, 0.05) is 24.8 Å². The lowest BCUT2D eigenvalue weighted by Gasteiger charge is -2.25. The number of anilines is 1. The van der Waals surface area contributed by atoms with Crippen LogP contribution >= 0.6 is 0 Å². The maximum Gasteiger partial charge on any atom is 0.329 e. The molecule has 5 nitrogen and oxygen atoms in total. The molecule has 0 saturated carbocycles. The maximum absolute atomic E-state index is 12.3. The van der Waals surface area contributed by atoms with Crippen LogP contribution in [0.4, 0.5) is 5.69 Å². The monoisotopic (exact) mass is 277 g/mol. The van der Waals surface area contributed by atoms with Gasteiger partial charge in [-0.15, -0.1) is 0 Å². The van der Waals surface area contributed by atoms with Gasteiger partial charge in [-0.1, -0.05) is 6.07 Å². The first-order valence-corrected chi connectivity index (χ1v) is 6.38. The fourth-order valence-corrected chi connectivity index (χ4v) is 3.09. The van der Waals surface area contributed by atoms with E-state index < -0.39 is 17.4 Å². The molecular formula is C15H19NO4. The smallest absolute Gasteiger partial charge is 0.329 e. The topological polar surface area (TPSA) is 55.8 Å². The van der Waals surface area contributed by atoms with E-state index in [2.05, 4.69) is 0 Å². The van der Waals surface area contributed by atoms with Crippen LogP contribution in [-0.2, 0) is 24.5 Å². The van der Waals surface area contributed by atoms with Gasteiger partial charge in [-0.25, -0.2) is 0 Å². The number of fused-ring (bicyclic) bond motifs is 1. The van der Waals surface area contributed by atoms with E-state index in [9.17, 15) is 9.59 Å². The van der Waals surface area contributed by atoms with E-state index in [0.717, 1.165) is 16.8 Å². The average Bonchev–Trinajstić information content (AvgIpc) is 2.71. The molecule has 2 rings (SSSR count). The minimum absolute atomic E-state index is 0.228. The van der Waals surface area contributed by atoms with Gasteiger partial charge in [0.15, 0.2) is 0 Å². The van der Waals surface area contributed by atoms with Crippen molar-refractivity contribution < 1.29 is 19.1 Å². The first-order chi connectivity index (χ1) is 9.38. The molecule has 0 N–H and O–H groups in total. The molecule has 0 aliphatic carbocycles. The summed E-state index contributed by atoms with van der Waals surface area (Å²) in [5.41, 5.74) is 2.13. The molecule has 1 aliphatic rings. The standard InChI is InChI=1S/C15H19NO4/c1-9-6-10(2)12-11(7-9)16(3)8-15(12,13(17)19-4)14(18)20-5/h6-7H,8H2,1-5H3. The summed E-state index contributed by atoms with van der Waals surface area (Å²) in [6.07, 6.45) is 0. The molecule has 0 saturated heterocycles. The highest BCUT2D eigenvalue weighted by Crippen LogP contribution is 2.44. The van der Waals surface area contributed by atoms with Gasteiger partial charge in [0.25, 0.3) is 0 Å². The van der Waals surface area contributed by atoms with Crippen LogP contribution in [0.15, 0.2) is 12.1 Å². The van der Waals surface area contributed by atoms with Gasteiger partial charge in [-0.2, -0.15) is 0 Å². The summed E-state index contributed by atoms with van der Waals surface area (Å²) in [5.74, 6) is -1.16. The molecule has 0 aromatic heterocycles. The number of esters is 2. The van der Waals surface area contributed by atoms with Crippen LogP contribution in [0.3, 0.4) is 0 Å². The number of carbonyl (C=O) groups is 2. The molecule has 0 unspecified atom stereocenters. The number of benzene rings is 1. The highest BCUT2D eigenvalue weighted by molar-refractivity contribution is 6.10. The Morgan fingerprint density at radius 1 is 1.15 bits per heavy atom. The third-order valence-electron chi connectivity index (χ3n) is 3.84. The maximum atomic E-state index is 12.3. The molecule has 0 spiro atoms. The number of hydrogen-bond donors (Lipinski definition) is 0. The molecule has 108 valence electrons. The van der Waals surface area contributed by atoms with Crippen LogP contribution in [0.2, 0.25) is 0 Å². The number of rotatable bonds is 2. The third-order valence-corrected chi connectivity index (χ3v) is 3.84. The molecule has 0 bridgehead atoms. The van der Waals surface area contributed by atoms with Crippen molar-refractivity contribution >= 4 is 17.6 Å². The Morgan fingerprint density at radius 2 is 1.70 bits per heavy atom. The van der Waals surface area contributed by atoms with Crippen LogP contribution < -0.4 is 4.90 Å². The highest BCUT2D eigenvalue weighted by atomic mass is 16.5. The molecule has 5 heteroatoms. The molecule has 1 heterocycles. The van der Waals surface area contributed by atoms with E-state index in [1.54, 1.807) is 0 Å². The lowest BCUT2D eigenvalue weighted by Crippen LogP contribution is -2.48. The third kappa shape index (κ3) is 1.77. The Balaban J connectivity index is 2.77. The molecule has 0 amide bonds. The Kier molecular flexibility index (Phi) is 3.46. The van der Waals surface area contributed by atoms with Crippen LogP contribution in [0.5, 0.6) is 0 Å². The molecule has 0 fully saturated rings. The first kappa shape index (κ1) is 14.4. The van der Waals surface area contributed by atoms with Gasteiger partial charge >= 0.3 is 11.9 Å². The molecule has 1 aromatic carbocycles. The molecule has 1 aliphatic heterocycles. The quantitative estimate of drug-likeness (QED) is 0.603. The highest BCUT2D eigenvalue weighted by Gasteiger charge is 2.57. The molecular weight excluding hydrogens is 258 g/mol. The van der Waals surface area contributed by atoms with Crippen molar-refractivity contribution in [2.45, 2.75) is 19.3 Å². The number of hydrogen-bond acceptors (Lipinski definition) is 5. The number of nitrogens with zero attached hydrogens (tertiary/aromatic N) is 1. The Hall–Kier alpha value is -2.04. The van der Waals surface area contributed by atoms with Crippen LogP contribution in [-0.4, -0.2) is 39.8 Å². The number of likely N-dealkylation sites (N-methyl/N-ethyl adjacent to an activating group) is 1. The van der Waals surface area contributed by atoms with Crippen molar-refractivity contribution in [3.8, 4) is 0 Å². The lowest BCUT2D eigenvalue weighted by atomic mass is 9.79. The summed E-state index contributed by atoms with van der Waals surface area (Å²) < 4.78 is 9.77. The zero-order valence-corrected chi connectivity index (χ0v) is 12.4. The fraction of sp³-hybridized carbons (Fsp3) is 0.467. The second kappa shape index (κ2) is 4.81. The predicted molar refractivity (Wildman–Crippen MR) is 74.9 cm³/mol. The summed E-state index contributed by atoms with van der Waals surface area (Å²) in [4.78, 5) is 26.6. The van der Waals surface area contributed by atoms with Gasteiger partial charge in [0.2, 0.25) is 5.41 Å². The minimum atomic E-state index is -1.40. The second-order valence-corrected chi connectivity index (χ2v) is 5.22. The zero-order chi connectivity index (χ0) is 15.1.